The highest BCUT2D eigenvalue weighted by molar-refractivity contribution is 9.10. The smallest absolute Gasteiger partial charge is 0.377 e. The standard InChI is InChI=1S/C15H17BrN2O3/c1-15-4-5-17(2)14(15)18(3)11-9(15)6-8(7-10(11)16)12(19)13(20)21/h6-7,14H,4-5H2,1-3H3,(H,20,21). The van der Waals surface area contributed by atoms with Gasteiger partial charge in [0.15, 0.2) is 0 Å². The van der Waals surface area contributed by atoms with E-state index in [1.165, 1.54) is 0 Å². The normalized spacial score (nSPS) is 27.6. The summed E-state index contributed by atoms with van der Waals surface area (Å²) in [4.78, 5) is 27.3. The summed E-state index contributed by atoms with van der Waals surface area (Å²) in [5.41, 5.74) is 2.25. The highest BCUT2D eigenvalue weighted by Gasteiger charge is 2.53. The zero-order chi connectivity index (χ0) is 15.5. The minimum absolute atomic E-state index is 0.0872. The van der Waals surface area contributed by atoms with Gasteiger partial charge in [0.25, 0.3) is 5.78 Å². The summed E-state index contributed by atoms with van der Waals surface area (Å²) in [6.45, 7) is 3.17. The van der Waals surface area contributed by atoms with Crippen LogP contribution in [0.3, 0.4) is 0 Å². The monoisotopic (exact) mass is 352 g/mol. The molecule has 1 N–H and O–H groups in total. The molecule has 1 saturated heterocycles. The van der Waals surface area contributed by atoms with Gasteiger partial charge in [-0.05, 0) is 47.1 Å². The first kappa shape index (κ1) is 14.5. The maximum atomic E-state index is 11.8. The fraction of sp³-hybridized carbons (Fsp3) is 0.467. The quantitative estimate of drug-likeness (QED) is 0.652. The summed E-state index contributed by atoms with van der Waals surface area (Å²) in [5, 5.41) is 8.94. The minimum Gasteiger partial charge on any atom is -0.475 e. The largest absolute Gasteiger partial charge is 0.475 e. The van der Waals surface area contributed by atoms with Gasteiger partial charge in [-0.3, -0.25) is 9.69 Å². The Hall–Kier alpha value is -1.40. The van der Waals surface area contributed by atoms with Crippen LogP contribution >= 0.6 is 15.9 Å². The molecule has 2 unspecified atom stereocenters. The highest BCUT2D eigenvalue weighted by atomic mass is 79.9. The third kappa shape index (κ3) is 1.85. The number of carbonyl (C=O) groups is 2. The molecule has 0 amide bonds. The third-order valence-corrected chi connectivity index (χ3v) is 5.43. The number of ketones is 1. The number of nitrogens with zero attached hydrogens (tertiary/aromatic N) is 2. The Morgan fingerprint density at radius 3 is 2.67 bits per heavy atom. The molecule has 2 aliphatic heterocycles. The zero-order valence-corrected chi connectivity index (χ0v) is 13.8. The average Bonchev–Trinajstić information content (AvgIpc) is 2.83. The Bertz CT molecular complexity index is 661. The Balaban J connectivity index is 2.19. The molecule has 0 saturated carbocycles. The van der Waals surface area contributed by atoms with Crippen molar-refractivity contribution in [3.63, 3.8) is 0 Å². The molecule has 112 valence electrons. The van der Waals surface area contributed by atoms with E-state index in [0.29, 0.717) is 0 Å². The second-order valence-corrected chi connectivity index (χ2v) is 6.98. The van der Waals surface area contributed by atoms with Crippen LogP contribution in [0.25, 0.3) is 0 Å². The number of aliphatic carboxylic acids is 1. The Morgan fingerprint density at radius 2 is 2.05 bits per heavy atom. The number of likely N-dealkylation sites (N-methyl/N-ethyl adjacent to an activating group) is 2. The van der Waals surface area contributed by atoms with Crippen molar-refractivity contribution in [2.75, 3.05) is 25.5 Å². The number of halogens is 1. The molecule has 0 aromatic heterocycles. The van der Waals surface area contributed by atoms with Crippen LogP contribution in [0.15, 0.2) is 16.6 Å². The molecular formula is C15H17BrN2O3. The second kappa shape index (κ2) is 4.55. The van der Waals surface area contributed by atoms with E-state index in [0.717, 1.165) is 28.7 Å². The molecule has 2 aliphatic rings. The fourth-order valence-corrected chi connectivity index (χ4v) is 4.65. The number of carboxylic acids is 1. The summed E-state index contributed by atoms with van der Waals surface area (Å²) in [5.74, 6) is -2.28. The van der Waals surface area contributed by atoms with Crippen molar-refractivity contribution in [2.45, 2.75) is 24.9 Å². The van der Waals surface area contributed by atoms with E-state index in [1.54, 1.807) is 12.1 Å². The van der Waals surface area contributed by atoms with E-state index in [2.05, 4.69) is 39.7 Å². The number of likely N-dealkylation sites (tertiary alicyclic amines) is 1. The van der Waals surface area contributed by atoms with Gasteiger partial charge in [0.05, 0.1) is 11.9 Å². The van der Waals surface area contributed by atoms with Crippen LogP contribution < -0.4 is 4.90 Å². The lowest BCUT2D eigenvalue weighted by Gasteiger charge is -2.32. The van der Waals surface area contributed by atoms with Gasteiger partial charge in [0, 0.05) is 29.0 Å². The SMILES string of the molecule is CN1CCC2(C)c3cc(C(=O)C(=O)O)cc(Br)c3N(C)C12. The van der Waals surface area contributed by atoms with E-state index in [4.69, 9.17) is 5.11 Å². The van der Waals surface area contributed by atoms with Crippen molar-refractivity contribution in [3.05, 3.63) is 27.7 Å². The average molecular weight is 353 g/mol. The summed E-state index contributed by atoms with van der Waals surface area (Å²) in [6.07, 6.45) is 1.22. The van der Waals surface area contributed by atoms with E-state index in [-0.39, 0.29) is 17.1 Å². The van der Waals surface area contributed by atoms with Crippen LogP contribution in [0.2, 0.25) is 0 Å². The molecule has 0 bridgehead atoms. The molecule has 1 fully saturated rings. The van der Waals surface area contributed by atoms with E-state index in [1.807, 2.05) is 7.05 Å². The predicted molar refractivity (Wildman–Crippen MR) is 82.9 cm³/mol. The number of hydrogen-bond donors (Lipinski definition) is 1. The molecule has 2 atom stereocenters. The molecule has 2 heterocycles. The lowest BCUT2D eigenvalue weighted by molar-refractivity contribution is -0.131. The van der Waals surface area contributed by atoms with Gasteiger partial charge < -0.3 is 10.0 Å². The summed E-state index contributed by atoms with van der Waals surface area (Å²) in [6, 6.07) is 3.36. The summed E-state index contributed by atoms with van der Waals surface area (Å²) in [7, 11) is 4.13. The van der Waals surface area contributed by atoms with Crippen molar-refractivity contribution >= 4 is 33.4 Å². The van der Waals surface area contributed by atoms with E-state index in [9.17, 15) is 9.59 Å². The molecule has 1 aromatic carbocycles. The molecule has 5 nitrogen and oxygen atoms in total. The number of carboxylic acid groups (broad SMARTS) is 1. The Labute approximate surface area is 131 Å². The maximum absolute atomic E-state index is 11.8. The third-order valence-electron chi connectivity index (χ3n) is 4.83. The van der Waals surface area contributed by atoms with Gasteiger partial charge in [0.2, 0.25) is 0 Å². The van der Waals surface area contributed by atoms with Crippen LogP contribution in [0, 0.1) is 0 Å². The van der Waals surface area contributed by atoms with Crippen LogP contribution in [-0.2, 0) is 10.2 Å². The maximum Gasteiger partial charge on any atom is 0.377 e. The Morgan fingerprint density at radius 1 is 1.38 bits per heavy atom. The Kier molecular flexibility index (Phi) is 3.15. The first-order valence-electron chi connectivity index (χ1n) is 6.82. The first-order valence-corrected chi connectivity index (χ1v) is 7.61. The number of benzene rings is 1. The molecular weight excluding hydrogens is 336 g/mol. The second-order valence-electron chi connectivity index (χ2n) is 6.12. The van der Waals surface area contributed by atoms with Gasteiger partial charge in [-0.15, -0.1) is 0 Å². The van der Waals surface area contributed by atoms with Crippen LogP contribution in [0.5, 0.6) is 0 Å². The van der Waals surface area contributed by atoms with Gasteiger partial charge in [-0.25, -0.2) is 4.79 Å². The molecule has 21 heavy (non-hydrogen) atoms. The molecule has 6 heteroatoms. The number of rotatable bonds is 2. The zero-order valence-electron chi connectivity index (χ0n) is 12.2. The summed E-state index contributed by atoms with van der Waals surface area (Å²) < 4.78 is 0.774. The van der Waals surface area contributed by atoms with Gasteiger partial charge in [-0.1, -0.05) is 6.92 Å². The topological polar surface area (TPSA) is 60.9 Å². The van der Waals surface area contributed by atoms with E-state index >= 15 is 0 Å². The summed E-state index contributed by atoms with van der Waals surface area (Å²) >= 11 is 3.50. The van der Waals surface area contributed by atoms with Crippen molar-refractivity contribution in [2.24, 2.45) is 0 Å². The number of carbonyl (C=O) groups excluding carboxylic acids is 1. The minimum atomic E-state index is -1.42. The number of fused-ring (bicyclic) bond motifs is 3. The van der Waals surface area contributed by atoms with Crippen molar-refractivity contribution in [1.29, 1.82) is 0 Å². The van der Waals surface area contributed by atoms with Crippen LogP contribution in [0.1, 0.15) is 29.3 Å². The van der Waals surface area contributed by atoms with Gasteiger partial charge >= 0.3 is 5.97 Å². The molecule has 0 radical (unpaired) electrons. The van der Waals surface area contributed by atoms with Crippen molar-refractivity contribution in [3.8, 4) is 0 Å². The number of anilines is 1. The van der Waals surface area contributed by atoms with Crippen LogP contribution in [0.4, 0.5) is 5.69 Å². The number of Topliss-reactive ketones (excluding diaryl/α,β-unsaturated/α-hetero) is 1. The predicted octanol–water partition coefficient (Wildman–Crippen LogP) is 2.09. The van der Waals surface area contributed by atoms with Crippen LogP contribution in [-0.4, -0.2) is 48.6 Å². The van der Waals surface area contributed by atoms with Crippen molar-refractivity contribution < 1.29 is 14.7 Å². The molecule has 3 rings (SSSR count). The molecule has 0 spiro atoms. The fourth-order valence-electron chi connectivity index (χ4n) is 3.91. The van der Waals surface area contributed by atoms with Gasteiger partial charge in [-0.2, -0.15) is 0 Å². The lowest BCUT2D eigenvalue weighted by atomic mass is 9.80. The first-order chi connectivity index (χ1) is 9.77. The number of hydrogen-bond acceptors (Lipinski definition) is 4. The molecule has 1 aromatic rings. The lowest BCUT2D eigenvalue weighted by Crippen LogP contribution is -2.45. The highest BCUT2D eigenvalue weighted by Crippen LogP contribution is 2.53. The molecule has 0 aliphatic carbocycles. The van der Waals surface area contributed by atoms with E-state index < -0.39 is 11.8 Å². The van der Waals surface area contributed by atoms with Gasteiger partial charge in [0.1, 0.15) is 0 Å². The van der Waals surface area contributed by atoms with Crippen molar-refractivity contribution in [1.82, 2.24) is 4.90 Å².